The van der Waals surface area contributed by atoms with Crippen LogP contribution in [0.3, 0.4) is 0 Å². The molecule has 84 valence electrons. The Morgan fingerprint density at radius 2 is 1.88 bits per heavy atom. The van der Waals surface area contributed by atoms with Crippen LogP contribution >= 0.6 is 12.2 Å². The third-order valence-electron chi connectivity index (χ3n) is 2.71. The first-order valence-corrected chi connectivity index (χ1v) is 5.58. The van der Waals surface area contributed by atoms with Gasteiger partial charge in [0.05, 0.1) is 0 Å². The minimum absolute atomic E-state index is 0.410. The standard InChI is InChI=1S/C12H10N4S/c13-16-11(14-15-12(16)17)10-6-5-8-3-1-2-4-9(8)7-10/h1-7H,13H2,(H,15,17). The van der Waals surface area contributed by atoms with E-state index in [1.807, 2.05) is 30.3 Å². The van der Waals surface area contributed by atoms with Crippen LogP contribution in [0.5, 0.6) is 0 Å². The summed E-state index contributed by atoms with van der Waals surface area (Å²) < 4.78 is 1.78. The number of benzene rings is 2. The maximum atomic E-state index is 5.80. The fourth-order valence-corrected chi connectivity index (χ4v) is 1.97. The zero-order valence-corrected chi connectivity index (χ0v) is 9.74. The Hall–Kier alpha value is -2.14. The first-order chi connectivity index (χ1) is 8.25. The summed E-state index contributed by atoms with van der Waals surface area (Å²) in [5.74, 6) is 6.44. The van der Waals surface area contributed by atoms with E-state index >= 15 is 0 Å². The van der Waals surface area contributed by atoms with Gasteiger partial charge in [-0.25, -0.2) is 9.77 Å². The molecule has 0 bridgehead atoms. The minimum Gasteiger partial charge on any atom is -0.335 e. The molecule has 5 heteroatoms. The molecule has 0 saturated heterocycles. The lowest BCUT2D eigenvalue weighted by Crippen LogP contribution is -2.09. The molecule has 0 aliphatic heterocycles. The SMILES string of the molecule is Nn1c(-c2ccc3ccccc3c2)n[nH]c1=S. The van der Waals surface area contributed by atoms with Crippen LogP contribution in [0.15, 0.2) is 42.5 Å². The number of aromatic nitrogens is 3. The molecule has 17 heavy (non-hydrogen) atoms. The molecular weight excluding hydrogens is 232 g/mol. The van der Waals surface area contributed by atoms with E-state index in [2.05, 4.69) is 22.3 Å². The van der Waals surface area contributed by atoms with E-state index in [1.54, 1.807) is 0 Å². The van der Waals surface area contributed by atoms with Crippen molar-refractivity contribution >= 4 is 23.0 Å². The lowest BCUT2D eigenvalue weighted by atomic mass is 10.1. The van der Waals surface area contributed by atoms with Gasteiger partial charge in [-0.1, -0.05) is 36.4 Å². The molecule has 0 spiro atoms. The van der Waals surface area contributed by atoms with E-state index in [0.717, 1.165) is 10.9 Å². The van der Waals surface area contributed by atoms with Gasteiger partial charge in [0.1, 0.15) is 0 Å². The molecule has 0 saturated carbocycles. The Balaban J connectivity index is 2.25. The van der Waals surface area contributed by atoms with Crippen molar-refractivity contribution in [2.75, 3.05) is 5.84 Å². The number of hydrogen-bond acceptors (Lipinski definition) is 3. The van der Waals surface area contributed by atoms with Gasteiger partial charge in [0.2, 0.25) is 4.77 Å². The predicted molar refractivity (Wildman–Crippen MR) is 70.5 cm³/mol. The van der Waals surface area contributed by atoms with Gasteiger partial charge in [0.15, 0.2) is 5.82 Å². The third kappa shape index (κ3) is 1.60. The first kappa shape index (κ1) is 10.0. The lowest BCUT2D eigenvalue weighted by Gasteiger charge is -2.02. The number of rotatable bonds is 1. The largest absolute Gasteiger partial charge is 0.335 e. The normalized spacial score (nSPS) is 10.8. The monoisotopic (exact) mass is 242 g/mol. The molecule has 0 aliphatic carbocycles. The van der Waals surface area contributed by atoms with Crippen LogP contribution in [0.25, 0.3) is 22.2 Å². The van der Waals surface area contributed by atoms with Gasteiger partial charge in [-0.15, -0.1) is 0 Å². The molecule has 0 aliphatic rings. The van der Waals surface area contributed by atoms with Gasteiger partial charge in [-0.2, -0.15) is 5.10 Å². The van der Waals surface area contributed by atoms with Gasteiger partial charge in [-0.3, -0.25) is 0 Å². The molecule has 0 atom stereocenters. The Kier molecular flexibility index (Phi) is 2.19. The zero-order valence-electron chi connectivity index (χ0n) is 8.92. The fraction of sp³-hybridized carbons (Fsp3) is 0. The predicted octanol–water partition coefficient (Wildman–Crippen LogP) is 2.47. The highest BCUT2D eigenvalue weighted by atomic mass is 32.1. The number of nitrogen functional groups attached to an aromatic ring is 1. The highest BCUT2D eigenvalue weighted by Crippen LogP contribution is 2.22. The van der Waals surface area contributed by atoms with Crippen molar-refractivity contribution < 1.29 is 0 Å². The second-order valence-electron chi connectivity index (χ2n) is 3.78. The smallest absolute Gasteiger partial charge is 0.214 e. The average Bonchev–Trinajstić information content (AvgIpc) is 2.70. The summed E-state index contributed by atoms with van der Waals surface area (Å²) in [6, 6.07) is 14.2. The second kappa shape index (κ2) is 3.71. The van der Waals surface area contributed by atoms with Gasteiger partial charge >= 0.3 is 0 Å². The minimum atomic E-state index is 0.410. The van der Waals surface area contributed by atoms with Crippen molar-refractivity contribution in [3.05, 3.63) is 47.2 Å². The lowest BCUT2D eigenvalue weighted by molar-refractivity contribution is 0.984. The Labute approximate surface area is 103 Å². The molecule has 2 aromatic carbocycles. The van der Waals surface area contributed by atoms with E-state index in [-0.39, 0.29) is 0 Å². The zero-order chi connectivity index (χ0) is 11.8. The summed E-state index contributed by atoms with van der Waals surface area (Å²) in [4.78, 5) is 0. The van der Waals surface area contributed by atoms with Crippen molar-refractivity contribution in [3.8, 4) is 11.4 Å². The molecule has 0 radical (unpaired) electrons. The number of H-pyrrole nitrogens is 1. The Bertz CT molecular complexity index is 741. The summed E-state index contributed by atoms with van der Waals surface area (Å²) in [5.41, 5.74) is 0.943. The van der Waals surface area contributed by atoms with Crippen molar-refractivity contribution in [2.24, 2.45) is 0 Å². The molecule has 1 aromatic heterocycles. The number of fused-ring (bicyclic) bond motifs is 1. The van der Waals surface area contributed by atoms with E-state index in [9.17, 15) is 0 Å². The Morgan fingerprint density at radius 1 is 1.12 bits per heavy atom. The van der Waals surface area contributed by atoms with Gasteiger partial charge in [0, 0.05) is 5.56 Å². The number of nitrogens with zero attached hydrogens (tertiary/aromatic N) is 2. The fourth-order valence-electron chi connectivity index (χ4n) is 1.84. The molecule has 1 heterocycles. The van der Waals surface area contributed by atoms with Crippen LogP contribution in [0.2, 0.25) is 0 Å². The van der Waals surface area contributed by atoms with Crippen LogP contribution in [0, 0.1) is 4.77 Å². The number of nitrogens with one attached hydrogen (secondary N) is 1. The Morgan fingerprint density at radius 3 is 2.59 bits per heavy atom. The quantitative estimate of drug-likeness (QED) is 0.509. The number of nitrogens with two attached hydrogens (primary N) is 1. The average molecular weight is 242 g/mol. The molecule has 3 N–H and O–H groups in total. The molecule has 3 aromatic rings. The van der Waals surface area contributed by atoms with E-state index in [1.165, 1.54) is 10.1 Å². The van der Waals surface area contributed by atoms with Gasteiger partial charge < -0.3 is 5.84 Å². The second-order valence-corrected chi connectivity index (χ2v) is 4.17. The topological polar surface area (TPSA) is 59.6 Å². The summed E-state index contributed by atoms with van der Waals surface area (Å²) >= 11 is 4.99. The van der Waals surface area contributed by atoms with E-state index in [4.69, 9.17) is 18.1 Å². The van der Waals surface area contributed by atoms with E-state index < -0.39 is 0 Å². The van der Waals surface area contributed by atoms with Crippen molar-refractivity contribution in [3.63, 3.8) is 0 Å². The van der Waals surface area contributed by atoms with Crippen LogP contribution < -0.4 is 5.84 Å². The van der Waals surface area contributed by atoms with Gasteiger partial charge in [0.25, 0.3) is 0 Å². The molecule has 0 fully saturated rings. The maximum Gasteiger partial charge on any atom is 0.214 e. The van der Waals surface area contributed by atoms with Crippen molar-refractivity contribution in [1.29, 1.82) is 0 Å². The van der Waals surface area contributed by atoms with Crippen molar-refractivity contribution in [1.82, 2.24) is 14.9 Å². The molecule has 4 nitrogen and oxygen atoms in total. The molecule has 0 unspecified atom stereocenters. The number of aromatic amines is 1. The third-order valence-corrected chi connectivity index (χ3v) is 3.00. The summed E-state index contributed by atoms with van der Waals surface area (Å²) in [5, 5.41) is 9.13. The molecule has 0 amide bonds. The van der Waals surface area contributed by atoms with Crippen LogP contribution in [-0.4, -0.2) is 14.9 Å². The highest BCUT2D eigenvalue weighted by molar-refractivity contribution is 7.71. The molecule has 3 rings (SSSR count). The molecular formula is C12H10N4S. The highest BCUT2D eigenvalue weighted by Gasteiger charge is 2.06. The van der Waals surface area contributed by atoms with E-state index in [0.29, 0.717) is 10.6 Å². The summed E-state index contributed by atoms with van der Waals surface area (Å²) in [6.45, 7) is 0. The van der Waals surface area contributed by atoms with Crippen LogP contribution in [0.1, 0.15) is 0 Å². The number of hydrogen-bond donors (Lipinski definition) is 2. The van der Waals surface area contributed by atoms with Crippen molar-refractivity contribution in [2.45, 2.75) is 0 Å². The summed E-state index contributed by atoms with van der Waals surface area (Å²) in [7, 11) is 0. The van der Waals surface area contributed by atoms with Crippen LogP contribution in [0.4, 0.5) is 0 Å². The van der Waals surface area contributed by atoms with Gasteiger partial charge in [-0.05, 0) is 29.1 Å². The first-order valence-electron chi connectivity index (χ1n) is 5.17. The maximum absolute atomic E-state index is 5.80. The summed E-state index contributed by atoms with van der Waals surface area (Å²) in [6.07, 6.45) is 0. The van der Waals surface area contributed by atoms with Crippen LogP contribution in [-0.2, 0) is 0 Å².